The summed E-state index contributed by atoms with van der Waals surface area (Å²) >= 11 is 0. The molecule has 0 aliphatic rings. The van der Waals surface area contributed by atoms with Crippen LogP contribution >= 0.6 is 0 Å². The maximum absolute atomic E-state index is 11.6. The zero-order valence-electron chi connectivity index (χ0n) is 20.1. The summed E-state index contributed by atoms with van der Waals surface area (Å²) in [6.07, 6.45) is 0.262. The molecule has 32 heavy (non-hydrogen) atoms. The van der Waals surface area contributed by atoms with Crippen molar-refractivity contribution >= 4 is 12.2 Å². The molecule has 9 heteroatoms. The van der Waals surface area contributed by atoms with Crippen molar-refractivity contribution in [1.82, 2.24) is 10.6 Å². The second-order valence-electron chi connectivity index (χ2n) is 9.23. The molecule has 0 aromatic heterocycles. The highest BCUT2D eigenvalue weighted by Gasteiger charge is 2.16. The first-order chi connectivity index (χ1) is 14.9. The van der Waals surface area contributed by atoms with Crippen molar-refractivity contribution in [3.05, 3.63) is 23.8 Å². The molecule has 0 unspecified atom stereocenters. The van der Waals surface area contributed by atoms with Gasteiger partial charge in [-0.05, 0) is 72.1 Å². The number of hydrogen-bond donors (Lipinski definition) is 3. The average Bonchev–Trinajstić information content (AvgIpc) is 2.64. The first-order valence-corrected chi connectivity index (χ1v) is 10.8. The number of aliphatic hydroxyl groups excluding tert-OH is 1. The van der Waals surface area contributed by atoms with E-state index in [1.807, 2.05) is 0 Å². The first-order valence-electron chi connectivity index (χ1n) is 10.8. The predicted molar refractivity (Wildman–Crippen MR) is 121 cm³/mol. The van der Waals surface area contributed by atoms with Crippen LogP contribution in [0.5, 0.6) is 11.5 Å². The minimum Gasteiger partial charge on any atom is -0.493 e. The lowest BCUT2D eigenvalue weighted by atomic mass is 10.2. The number of aliphatic hydroxyl groups is 1. The van der Waals surface area contributed by atoms with Crippen LogP contribution in [0, 0.1) is 0 Å². The molecule has 0 saturated heterocycles. The summed E-state index contributed by atoms with van der Waals surface area (Å²) in [5, 5.41) is 14.8. The molecule has 1 aromatic rings. The smallest absolute Gasteiger partial charge is 0.407 e. The zero-order chi connectivity index (χ0) is 24.2. The second-order valence-corrected chi connectivity index (χ2v) is 9.23. The van der Waals surface area contributed by atoms with Crippen LogP contribution in [-0.2, 0) is 16.1 Å². The fourth-order valence-electron chi connectivity index (χ4n) is 2.42. The van der Waals surface area contributed by atoms with Gasteiger partial charge in [0.15, 0.2) is 0 Å². The molecule has 0 saturated carbocycles. The van der Waals surface area contributed by atoms with Gasteiger partial charge in [0.2, 0.25) is 0 Å². The van der Waals surface area contributed by atoms with Gasteiger partial charge in [-0.1, -0.05) is 0 Å². The summed E-state index contributed by atoms with van der Waals surface area (Å²) in [7, 11) is 0. The maximum atomic E-state index is 11.6. The predicted octanol–water partition coefficient (Wildman–Crippen LogP) is 3.77. The quantitative estimate of drug-likeness (QED) is 0.436. The van der Waals surface area contributed by atoms with Crippen molar-refractivity contribution in [3.63, 3.8) is 0 Å². The van der Waals surface area contributed by atoms with Crippen LogP contribution in [0.4, 0.5) is 9.59 Å². The van der Waals surface area contributed by atoms with Crippen LogP contribution in [0.25, 0.3) is 0 Å². The van der Waals surface area contributed by atoms with Crippen molar-refractivity contribution in [1.29, 1.82) is 0 Å². The third kappa shape index (κ3) is 13.6. The molecule has 0 atom stereocenters. The molecule has 1 aromatic carbocycles. The van der Waals surface area contributed by atoms with Crippen LogP contribution in [0.15, 0.2) is 18.2 Å². The van der Waals surface area contributed by atoms with Crippen LogP contribution < -0.4 is 20.1 Å². The van der Waals surface area contributed by atoms with Gasteiger partial charge < -0.3 is 34.7 Å². The van der Waals surface area contributed by atoms with E-state index in [0.29, 0.717) is 56.2 Å². The molecule has 0 aliphatic heterocycles. The number of rotatable bonds is 11. The number of carbonyl (C=O) groups excluding carboxylic acids is 2. The number of hydrogen-bond acceptors (Lipinski definition) is 7. The Hall–Kier alpha value is -2.68. The summed E-state index contributed by atoms with van der Waals surface area (Å²) < 4.78 is 21.8. The zero-order valence-corrected chi connectivity index (χ0v) is 20.1. The molecule has 0 radical (unpaired) electrons. The maximum Gasteiger partial charge on any atom is 0.407 e. The van der Waals surface area contributed by atoms with Gasteiger partial charge >= 0.3 is 12.2 Å². The van der Waals surface area contributed by atoms with Crippen LogP contribution in [-0.4, -0.2) is 54.8 Å². The Morgan fingerprint density at radius 3 is 1.53 bits per heavy atom. The Labute approximate surface area is 190 Å². The second kappa shape index (κ2) is 13.0. The summed E-state index contributed by atoms with van der Waals surface area (Å²) in [5.74, 6) is 1.13. The van der Waals surface area contributed by atoms with Crippen molar-refractivity contribution in [3.8, 4) is 11.5 Å². The van der Waals surface area contributed by atoms with E-state index in [1.54, 1.807) is 59.7 Å². The molecule has 182 valence electrons. The summed E-state index contributed by atoms with van der Waals surface area (Å²) in [5.41, 5.74) is -0.405. The summed E-state index contributed by atoms with van der Waals surface area (Å²) in [4.78, 5) is 23.2. The van der Waals surface area contributed by atoms with E-state index in [-0.39, 0.29) is 6.61 Å². The highest BCUT2D eigenvalue weighted by atomic mass is 16.6. The number of amides is 2. The van der Waals surface area contributed by atoms with Crippen LogP contribution in [0.2, 0.25) is 0 Å². The molecule has 2 amide bonds. The Morgan fingerprint density at radius 2 is 1.19 bits per heavy atom. The molecular weight excluding hydrogens is 416 g/mol. The Kier molecular flexibility index (Phi) is 11.1. The molecular formula is C23H38N2O7. The lowest BCUT2D eigenvalue weighted by Crippen LogP contribution is -2.33. The number of alkyl carbamates (subject to hydrolysis) is 2. The molecule has 1 rings (SSSR count). The molecule has 3 N–H and O–H groups in total. The number of nitrogens with one attached hydrogen (secondary N) is 2. The van der Waals surface area contributed by atoms with E-state index in [1.165, 1.54) is 0 Å². The van der Waals surface area contributed by atoms with Gasteiger partial charge in [-0.2, -0.15) is 0 Å². The van der Waals surface area contributed by atoms with E-state index < -0.39 is 23.4 Å². The monoisotopic (exact) mass is 454 g/mol. The molecule has 0 heterocycles. The summed E-state index contributed by atoms with van der Waals surface area (Å²) in [6.45, 7) is 12.3. The third-order valence-corrected chi connectivity index (χ3v) is 3.64. The van der Waals surface area contributed by atoms with E-state index in [0.717, 1.165) is 0 Å². The average molecular weight is 455 g/mol. The van der Waals surface area contributed by atoms with Crippen molar-refractivity contribution in [2.75, 3.05) is 26.3 Å². The lowest BCUT2D eigenvalue weighted by molar-refractivity contribution is 0.0514. The SMILES string of the molecule is CC(C)(C)OC(=O)NCCCOc1cc(CO)cc(OCCCNC(=O)OC(C)(C)C)c1. The Bertz CT molecular complexity index is 668. The van der Waals surface area contributed by atoms with Crippen molar-refractivity contribution < 1.29 is 33.6 Å². The molecule has 0 aliphatic carbocycles. The van der Waals surface area contributed by atoms with Crippen molar-refractivity contribution in [2.24, 2.45) is 0 Å². The van der Waals surface area contributed by atoms with E-state index >= 15 is 0 Å². The van der Waals surface area contributed by atoms with Gasteiger partial charge in [0.05, 0.1) is 19.8 Å². The van der Waals surface area contributed by atoms with Gasteiger partial charge in [-0.15, -0.1) is 0 Å². The van der Waals surface area contributed by atoms with E-state index in [4.69, 9.17) is 18.9 Å². The molecule has 9 nitrogen and oxygen atoms in total. The van der Waals surface area contributed by atoms with Gasteiger partial charge in [0.25, 0.3) is 0 Å². The largest absolute Gasteiger partial charge is 0.493 e. The standard InChI is InChI=1S/C23H38N2O7/c1-22(2,3)31-20(27)24-9-7-11-29-18-13-17(16-26)14-19(15-18)30-12-8-10-25-21(28)32-23(4,5)6/h13-15,26H,7-12,16H2,1-6H3,(H,24,27)(H,25,28). The third-order valence-electron chi connectivity index (χ3n) is 3.64. The summed E-state index contributed by atoms with van der Waals surface area (Å²) in [6, 6.07) is 5.21. The first kappa shape index (κ1) is 27.4. The number of carbonyl (C=O) groups is 2. The topological polar surface area (TPSA) is 115 Å². The normalized spacial score (nSPS) is 11.5. The Morgan fingerprint density at radius 1 is 0.781 bits per heavy atom. The number of ether oxygens (including phenoxy) is 4. The fraction of sp³-hybridized carbons (Fsp3) is 0.652. The highest BCUT2D eigenvalue weighted by Crippen LogP contribution is 2.23. The van der Waals surface area contributed by atoms with Crippen LogP contribution in [0.1, 0.15) is 59.9 Å². The molecule has 0 fully saturated rings. The lowest BCUT2D eigenvalue weighted by Gasteiger charge is -2.19. The highest BCUT2D eigenvalue weighted by molar-refractivity contribution is 5.67. The fourth-order valence-corrected chi connectivity index (χ4v) is 2.42. The molecule has 0 spiro atoms. The van der Waals surface area contributed by atoms with Crippen LogP contribution in [0.3, 0.4) is 0 Å². The van der Waals surface area contributed by atoms with Gasteiger partial charge in [0.1, 0.15) is 22.7 Å². The van der Waals surface area contributed by atoms with E-state index in [9.17, 15) is 14.7 Å². The Balaban J connectivity index is 2.36. The minimum absolute atomic E-state index is 0.145. The van der Waals surface area contributed by atoms with E-state index in [2.05, 4.69) is 10.6 Å². The van der Waals surface area contributed by atoms with Gasteiger partial charge in [-0.3, -0.25) is 0 Å². The minimum atomic E-state index is -0.534. The molecule has 0 bridgehead atoms. The van der Waals surface area contributed by atoms with Gasteiger partial charge in [0, 0.05) is 19.2 Å². The van der Waals surface area contributed by atoms with Crippen molar-refractivity contribution in [2.45, 2.75) is 72.2 Å². The van der Waals surface area contributed by atoms with Gasteiger partial charge in [-0.25, -0.2) is 9.59 Å². The number of benzene rings is 1.